The predicted octanol–water partition coefficient (Wildman–Crippen LogP) is 3.01. The van der Waals surface area contributed by atoms with Crippen LogP contribution in [0.15, 0.2) is 18.2 Å². The van der Waals surface area contributed by atoms with Crippen molar-refractivity contribution in [3.05, 3.63) is 35.4 Å². The molecule has 0 aliphatic heterocycles. The fourth-order valence-corrected chi connectivity index (χ4v) is 2.20. The van der Waals surface area contributed by atoms with E-state index in [9.17, 15) is 18.7 Å². The first kappa shape index (κ1) is 12.0. The van der Waals surface area contributed by atoms with Gasteiger partial charge in [-0.25, -0.2) is 8.78 Å². The number of aliphatic carboxylic acids is 1. The zero-order valence-electron chi connectivity index (χ0n) is 9.54. The summed E-state index contributed by atoms with van der Waals surface area (Å²) in [5, 5.41) is 9.25. The van der Waals surface area contributed by atoms with Crippen LogP contribution in [0.25, 0.3) is 0 Å². The molecule has 1 aromatic rings. The largest absolute Gasteiger partial charge is 0.481 e. The van der Waals surface area contributed by atoms with Crippen LogP contribution in [-0.2, 0) is 11.2 Å². The summed E-state index contributed by atoms with van der Waals surface area (Å²) in [6, 6.07) is 3.89. The molecule has 0 heterocycles. The van der Waals surface area contributed by atoms with Gasteiger partial charge in [-0.15, -0.1) is 0 Å². The Labute approximate surface area is 98.3 Å². The maximum atomic E-state index is 13.5. The monoisotopic (exact) mass is 240 g/mol. The van der Waals surface area contributed by atoms with Gasteiger partial charge in [-0.2, -0.15) is 0 Å². The van der Waals surface area contributed by atoms with Crippen molar-refractivity contribution in [1.29, 1.82) is 0 Å². The van der Waals surface area contributed by atoms with Crippen LogP contribution in [-0.4, -0.2) is 11.1 Å². The maximum absolute atomic E-state index is 13.5. The molecule has 0 radical (unpaired) electrons. The summed E-state index contributed by atoms with van der Waals surface area (Å²) in [5.41, 5.74) is -0.851. The number of carboxylic acid groups (broad SMARTS) is 1. The summed E-state index contributed by atoms with van der Waals surface area (Å²) in [5.74, 6) is -2.72. The molecule has 2 nitrogen and oxygen atoms in total. The molecule has 1 saturated carbocycles. The van der Waals surface area contributed by atoms with E-state index in [-0.39, 0.29) is 17.9 Å². The van der Waals surface area contributed by atoms with Crippen LogP contribution in [0.4, 0.5) is 8.78 Å². The van der Waals surface area contributed by atoms with Crippen molar-refractivity contribution in [3.8, 4) is 0 Å². The third-order valence-electron chi connectivity index (χ3n) is 3.56. The molecule has 0 aromatic heterocycles. The van der Waals surface area contributed by atoms with Gasteiger partial charge in [-0.05, 0) is 43.7 Å². The van der Waals surface area contributed by atoms with Crippen LogP contribution in [0.3, 0.4) is 0 Å². The number of benzene rings is 1. The first-order valence-electron chi connectivity index (χ1n) is 5.61. The van der Waals surface area contributed by atoms with Crippen molar-refractivity contribution in [2.24, 2.45) is 11.3 Å². The van der Waals surface area contributed by atoms with E-state index in [1.165, 1.54) is 12.1 Å². The molecule has 1 fully saturated rings. The maximum Gasteiger partial charge on any atom is 0.309 e. The summed E-state index contributed by atoms with van der Waals surface area (Å²) in [6.07, 6.45) is 1.73. The SMILES string of the molecule is CC(Cc1cccc(F)c1F)(C(=O)O)C1CC1. The van der Waals surface area contributed by atoms with E-state index in [0.29, 0.717) is 0 Å². The van der Waals surface area contributed by atoms with Gasteiger partial charge in [0.25, 0.3) is 0 Å². The van der Waals surface area contributed by atoms with Gasteiger partial charge in [0.1, 0.15) is 0 Å². The molecule has 0 bridgehead atoms. The molecule has 0 spiro atoms. The van der Waals surface area contributed by atoms with Gasteiger partial charge in [0.15, 0.2) is 11.6 Å². The smallest absolute Gasteiger partial charge is 0.309 e. The molecule has 1 N–H and O–H groups in total. The second-order valence-electron chi connectivity index (χ2n) is 4.89. The van der Waals surface area contributed by atoms with Gasteiger partial charge >= 0.3 is 5.97 Å². The van der Waals surface area contributed by atoms with Crippen molar-refractivity contribution < 1.29 is 18.7 Å². The van der Waals surface area contributed by atoms with Crippen LogP contribution in [0.2, 0.25) is 0 Å². The van der Waals surface area contributed by atoms with Crippen LogP contribution in [0, 0.1) is 23.0 Å². The number of hydrogen-bond donors (Lipinski definition) is 1. The molecular formula is C13H14F2O2. The van der Waals surface area contributed by atoms with Crippen LogP contribution < -0.4 is 0 Å². The van der Waals surface area contributed by atoms with Crippen molar-refractivity contribution in [2.75, 3.05) is 0 Å². The minimum atomic E-state index is -0.991. The minimum Gasteiger partial charge on any atom is -0.481 e. The second-order valence-corrected chi connectivity index (χ2v) is 4.89. The van der Waals surface area contributed by atoms with Crippen LogP contribution in [0.1, 0.15) is 25.3 Å². The Balaban J connectivity index is 2.29. The Morgan fingerprint density at radius 1 is 1.47 bits per heavy atom. The number of carbonyl (C=O) groups is 1. The van der Waals surface area contributed by atoms with Gasteiger partial charge in [0, 0.05) is 0 Å². The highest BCUT2D eigenvalue weighted by molar-refractivity contribution is 5.75. The number of halogens is 2. The fourth-order valence-electron chi connectivity index (χ4n) is 2.20. The molecule has 1 unspecified atom stereocenters. The lowest BCUT2D eigenvalue weighted by atomic mass is 9.79. The highest BCUT2D eigenvalue weighted by Crippen LogP contribution is 2.47. The van der Waals surface area contributed by atoms with Crippen molar-refractivity contribution in [1.82, 2.24) is 0 Å². The highest BCUT2D eigenvalue weighted by atomic mass is 19.2. The lowest BCUT2D eigenvalue weighted by Crippen LogP contribution is -2.32. The molecule has 1 aromatic carbocycles. The van der Waals surface area contributed by atoms with E-state index in [1.54, 1.807) is 6.92 Å². The molecule has 1 aliphatic carbocycles. The quantitative estimate of drug-likeness (QED) is 0.878. The summed E-state index contributed by atoms with van der Waals surface area (Å²) in [7, 11) is 0. The van der Waals surface area contributed by atoms with Crippen molar-refractivity contribution >= 4 is 5.97 Å². The van der Waals surface area contributed by atoms with E-state index >= 15 is 0 Å². The molecule has 0 amide bonds. The zero-order chi connectivity index (χ0) is 12.6. The number of rotatable bonds is 4. The topological polar surface area (TPSA) is 37.3 Å². The Hall–Kier alpha value is -1.45. The molecule has 4 heteroatoms. The van der Waals surface area contributed by atoms with E-state index < -0.39 is 23.0 Å². The zero-order valence-corrected chi connectivity index (χ0v) is 9.54. The molecule has 1 aliphatic rings. The summed E-state index contributed by atoms with van der Waals surface area (Å²) >= 11 is 0. The van der Waals surface area contributed by atoms with Crippen LogP contribution >= 0.6 is 0 Å². The van der Waals surface area contributed by atoms with Gasteiger partial charge in [0.2, 0.25) is 0 Å². The van der Waals surface area contributed by atoms with Crippen molar-refractivity contribution in [3.63, 3.8) is 0 Å². The minimum absolute atomic E-state index is 0.0383. The standard InChI is InChI=1S/C13H14F2O2/c1-13(12(16)17,9-5-6-9)7-8-3-2-4-10(14)11(8)15/h2-4,9H,5-7H2,1H3,(H,16,17). The van der Waals surface area contributed by atoms with E-state index in [2.05, 4.69) is 0 Å². The van der Waals surface area contributed by atoms with Crippen LogP contribution in [0.5, 0.6) is 0 Å². The third kappa shape index (κ3) is 2.16. The summed E-state index contributed by atoms with van der Waals surface area (Å²) in [6.45, 7) is 1.61. The summed E-state index contributed by atoms with van der Waals surface area (Å²) < 4.78 is 26.6. The molecule has 17 heavy (non-hydrogen) atoms. The molecule has 92 valence electrons. The van der Waals surface area contributed by atoms with Gasteiger partial charge in [-0.1, -0.05) is 12.1 Å². The number of hydrogen-bond acceptors (Lipinski definition) is 1. The Morgan fingerprint density at radius 2 is 2.12 bits per heavy atom. The predicted molar refractivity (Wildman–Crippen MR) is 58.5 cm³/mol. The molecule has 1 atom stereocenters. The normalized spacial score (nSPS) is 18.8. The average molecular weight is 240 g/mol. The number of carboxylic acids is 1. The second kappa shape index (κ2) is 4.09. The average Bonchev–Trinajstić information content (AvgIpc) is 3.08. The summed E-state index contributed by atoms with van der Waals surface area (Å²) in [4.78, 5) is 11.3. The van der Waals surface area contributed by atoms with Gasteiger partial charge in [0.05, 0.1) is 5.41 Å². The third-order valence-corrected chi connectivity index (χ3v) is 3.56. The molecule has 0 saturated heterocycles. The Morgan fingerprint density at radius 3 is 2.65 bits per heavy atom. The molecule has 2 rings (SSSR count). The van der Waals surface area contributed by atoms with E-state index in [0.717, 1.165) is 18.9 Å². The first-order chi connectivity index (χ1) is 7.95. The van der Waals surface area contributed by atoms with Crippen molar-refractivity contribution in [2.45, 2.75) is 26.2 Å². The van der Waals surface area contributed by atoms with Gasteiger partial charge < -0.3 is 5.11 Å². The first-order valence-corrected chi connectivity index (χ1v) is 5.61. The lowest BCUT2D eigenvalue weighted by Gasteiger charge is -2.24. The van der Waals surface area contributed by atoms with E-state index in [4.69, 9.17) is 0 Å². The van der Waals surface area contributed by atoms with Gasteiger partial charge in [-0.3, -0.25) is 4.79 Å². The highest BCUT2D eigenvalue weighted by Gasteiger charge is 2.47. The fraction of sp³-hybridized carbons (Fsp3) is 0.462. The Kier molecular flexibility index (Phi) is 2.89. The Bertz CT molecular complexity index is 455. The molecular weight excluding hydrogens is 226 g/mol. The van der Waals surface area contributed by atoms with E-state index in [1.807, 2.05) is 0 Å². The lowest BCUT2D eigenvalue weighted by molar-refractivity contribution is -0.149.